The van der Waals surface area contributed by atoms with E-state index in [2.05, 4.69) is 43.8 Å². The Morgan fingerprint density at radius 3 is 2.09 bits per heavy atom. The predicted octanol–water partition coefficient (Wildman–Crippen LogP) is -8.29. The van der Waals surface area contributed by atoms with Crippen LogP contribution in [-0.2, 0) is 54.0 Å². The second kappa shape index (κ2) is 32.9. The van der Waals surface area contributed by atoms with Gasteiger partial charge in [0.25, 0.3) is 12.3 Å². The molecule has 4 rings (SSSR count). The van der Waals surface area contributed by atoms with Gasteiger partial charge >= 0.3 is 41.8 Å². The third-order valence-electron chi connectivity index (χ3n) is 12.9. The molecule has 0 bridgehead atoms. The third-order valence-corrected chi connectivity index (χ3v) is 13.3. The minimum Gasteiger partial charge on any atom is -0.691 e. The molecule has 30 nitrogen and oxygen atoms in total. The molecule has 0 radical (unpaired) electrons. The molecule has 3 aliphatic rings. The van der Waals surface area contributed by atoms with Crippen LogP contribution in [0.4, 0.5) is 9.59 Å². The summed E-state index contributed by atoms with van der Waals surface area (Å²) in [5.41, 5.74) is 0.0209. The van der Waals surface area contributed by atoms with Crippen LogP contribution < -0.4 is 65.0 Å². The van der Waals surface area contributed by atoms with E-state index in [1.54, 1.807) is 0 Å². The molecule has 7 amide bonds. The molecule has 32 heteroatoms. The number of nitrogens with zero attached hydrogens (tertiary/aromatic N) is 3. The maximum atomic E-state index is 15.0. The number of amides is 7. The van der Waals surface area contributed by atoms with Gasteiger partial charge in [0.1, 0.15) is 43.4 Å². The first-order valence-corrected chi connectivity index (χ1v) is 25.2. The van der Waals surface area contributed by atoms with E-state index in [0.29, 0.717) is 0 Å². The van der Waals surface area contributed by atoms with Gasteiger partial charge in [-0.15, -0.1) is 4.33 Å². The molecular weight excluding hydrogens is 1090 g/mol. The van der Waals surface area contributed by atoms with Gasteiger partial charge < -0.3 is 100 Å². The Hall–Kier alpha value is -5.23. The van der Waals surface area contributed by atoms with Crippen molar-refractivity contribution < 1.29 is 142 Å². The molecule has 436 valence electrons. The predicted molar refractivity (Wildman–Crippen MR) is 263 cm³/mol. The molecule has 3 saturated heterocycles. The number of hydrogen-bond donors (Lipinski definition) is 12. The van der Waals surface area contributed by atoms with Crippen molar-refractivity contribution in [1.29, 1.82) is 0 Å². The number of fused-ring (bicyclic) bond motifs is 2. The Morgan fingerprint density at radius 2 is 1.46 bits per heavy atom. The van der Waals surface area contributed by atoms with Crippen LogP contribution in [-0.4, -0.2) is 229 Å². The van der Waals surface area contributed by atoms with Crippen LogP contribution in [0.1, 0.15) is 45.6 Å². The number of ether oxygens (including phenoxy) is 3. The van der Waals surface area contributed by atoms with E-state index in [4.69, 9.17) is 18.4 Å². The summed E-state index contributed by atoms with van der Waals surface area (Å²) in [6.45, 7) is 6.57. The molecule has 3 aliphatic heterocycles. The molecule has 1 aromatic carbocycles. The van der Waals surface area contributed by atoms with Crippen molar-refractivity contribution in [2.45, 2.75) is 119 Å². The van der Waals surface area contributed by atoms with Gasteiger partial charge in [-0.05, 0) is 37.5 Å². The number of hydrogen-bond acceptors (Lipinski definition) is 24. The van der Waals surface area contributed by atoms with Crippen molar-refractivity contribution in [3.63, 3.8) is 0 Å². The molecule has 3 heterocycles. The maximum absolute atomic E-state index is 15.0. The fourth-order valence-corrected chi connectivity index (χ4v) is 9.05. The quantitative estimate of drug-likeness (QED) is 0.00843. The molecule has 0 spiro atoms. The van der Waals surface area contributed by atoms with Crippen molar-refractivity contribution in [1.82, 2.24) is 36.0 Å². The first-order valence-electron chi connectivity index (χ1n) is 24.5. The summed E-state index contributed by atoms with van der Waals surface area (Å²) < 4.78 is 24.5. The SMILES string of the molecule is C=CCOC(=O)Oc1ccc(C[C@@H](O)[C@@H]2NC(=O)[C@@H]3C[C@@H](O)CN3C(=O)[C@H]([C@@H](C)O)NC(=O)[C@@H](C)C[C@@H](O)CNC(=O)[C@@H]3[C@@H](O)[C@@H](C)CN3C(=O)[C@H]([C@H](O)CCN(C(=O)OCC=C)C(CO)CO)NC2=O)cc1OSOO[O-].[Na+]. The second-order valence-electron chi connectivity index (χ2n) is 18.8. The monoisotopic (exact) mass is 1150 g/mol. The Balaban J connectivity index is 0.0000164. The van der Waals surface area contributed by atoms with Crippen molar-refractivity contribution in [3.8, 4) is 11.5 Å². The number of carbonyl (C=O) groups excluding carboxylic acids is 8. The molecule has 0 saturated carbocycles. The first-order chi connectivity index (χ1) is 37.0. The average molecular weight is 1150 g/mol. The van der Waals surface area contributed by atoms with Crippen molar-refractivity contribution in [3.05, 3.63) is 49.1 Å². The Bertz CT molecular complexity index is 2270. The van der Waals surface area contributed by atoms with Gasteiger partial charge in [0.15, 0.2) is 11.5 Å². The zero-order valence-corrected chi connectivity index (χ0v) is 46.6. The zero-order valence-electron chi connectivity index (χ0n) is 43.8. The molecule has 1 aromatic rings. The topological polar surface area (TPSA) is 435 Å². The molecule has 0 aromatic heterocycles. The van der Waals surface area contributed by atoms with Gasteiger partial charge in [-0.3, -0.25) is 33.8 Å². The number of carbonyl (C=O) groups is 8. The molecule has 79 heavy (non-hydrogen) atoms. The number of benzene rings is 1. The Kier molecular flexibility index (Phi) is 28.3. The third kappa shape index (κ3) is 18.9. The number of β-amino-alcohol motifs (C(OH)–C–C–N with tert-alkyl or cyclic N) is 1. The van der Waals surface area contributed by atoms with Gasteiger partial charge in [-0.25, -0.2) is 9.59 Å². The van der Waals surface area contributed by atoms with E-state index in [-0.39, 0.29) is 78.6 Å². The Morgan fingerprint density at radius 1 is 0.823 bits per heavy atom. The molecule has 13 atom stereocenters. The van der Waals surface area contributed by atoms with E-state index < -0.39 is 191 Å². The smallest absolute Gasteiger partial charge is 0.691 e. The molecule has 12 N–H and O–H groups in total. The fraction of sp³-hybridized carbons (Fsp3) is 0.617. The first kappa shape index (κ1) is 68.0. The van der Waals surface area contributed by atoms with Crippen LogP contribution in [0.15, 0.2) is 43.5 Å². The summed E-state index contributed by atoms with van der Waals surface area (Å²) in [5.74, 6) is -9.58. The number of aliphatic hydroxyl groups is 8. The summed E-state index contributed by atoms with van der Waals surface area (Å²) in [5, 5.41) is 111. The largest absolute Gasteiger partial charge is 1.00 e. The standard InChI is InChI=1S/C47H69N7O23S.Na/c1-6-12-72-46(69)52(27(21-55)22-56)11-10-31(60)37-45(68)54-19-24(4)39(62)38(54)43(66)48-18-28(58)14-23(3)40(63)49-35(25(5)57)44(67)53-20-29(59)17-30(53)41(64)50-36(42(65)51-37)32(61)15-26-8-9-33(74-47(70)73-13-7-2)34(16-26)75-78-77-76-71;/h6-9,16,23-25,27-32,35-39,55-62,71H,1-2,10-15,17-22H2,3-5H3,(H,48,66)(H,49,63)(H,50,64)(H,51,65);/q;+1/p-1/t23-,24-,25+,28+,29+,30-,31+,32+,35-,36-,37-,38-,39-;/m0./s1. The molecule has 0 aliphatic carbocycles. The van der Waals surface area contributed by atoms with Crippen molar-refractivity contribution in [2.75, 3.05) is 52.6 Å². The summed E-state index contributed by atoms with van der Waals surface area (Å²) in [4.78, 5) is 114. The van der Waals surface area contributed by atoms with Crippen LogP contribution in [0.2, 0.25) is 0 Å². The van der Waals surface area contributed by atoms with Gasteiger partial charge in [0.2, 0.25) is 35.4 Å². The van der Waals surface area contributed by atoms with Gasteiger partial charge in [-0.1, -0.05) is 45.2 Å². The minimum atomic E-state index is -2.24. The summed E-state index contributed by atoms with van der Waals surface area (Å²) >= 11 is -0.0445. The summed E-state index contributed by atoms with van der Waals surface area (Å²) in [7, 11) is 0. The van der Waals surface area contributed by atoms with Crippen LogP contribution in [0.25, 0.3) is 0 Å². The van der Waals surface area contributed by atoms with Crippen LogP contribution >= 0.6 is 12.3 Å². The Labute approximate surface area is 479 Å². The van der Waals surface area contributed by atoms with Gasteiger partial charge in [0.05, 0.1) is 55.9 Å². The normalized spacial score (nSPS) is 26.5. The van der Waals surface area contributed by atoms with E-state index >= 15 is 0 Å². The van der Waals surface area contributed by atoms with Crippen LogP contribution in [0, 0.1) is 11.8 Å². The molecular formula is C47H68N7NaO23S. The van der Waals surface area contributed by atoms with Crippen molar-refractivity contribution >= 4 is 60.0 Å². The summed E-state index contributed by atoms with van der Waals surface area (Å²) in [6.07, 6.45) is -12.4. The number of aliphatic hydroxyl groups excluding tert-OH is 8. The van der Waals surface area contributed by atoms with Crippen molar-refractivity contribution in [2.24, 2.45) is 11.8 Å². The number of nitrogens with one attached hydrogen (secondary N) is 4. The van der Waals surface area contributed by atoms with E-state index in [0.717, 1.165) is 33.8 Å². The van der Waals surface area contributed by atoms with E-state index in [1.807, 2.05) is 0 Å². The average Bonchev–Trinajstić information content (AvgIpc) is 4.05. The minimum absolute atomic E-state index is 0. The van der Waals surface area contributed by atoms with E-state index in [1.165, 1.54) is 32.1 Å². The summed E-state index contributed by atoms with van der Waals surface area (Å²) in [6, 6.07) is -7.51. The maximum Gasteiger partial charge on any atom is 1.00 e. The zero-order chi connectivity index (χ0) is 58.0. The molecule has 3 fully saturated rings. The second-order valence-corrected chi connectivity index (χ2v) is 19.2. The van der Waals surface area contributed by atoms with Crippen LogP contribution in [0.3, 0.4) is 0 Å². The van der Waals surface area contributed by atoms with E-state index in [9.17, 15) is 84.5 Å². The fourth-order valence-electron chi connectivity index (χ4n) is 8.80. The van der Waals surface area contributed by atoms with Crippen LogP contribution in [0.5, 0.6) is 11.5 Å². The van der Waals surface area contributed by atoms with Gasteiger partial charge in [-0.2, -0.15) is 0 Å². The molecule has 0 unspecified atom stereocenters. The number of rotatable bonds is 20. The van der Waals surface area contributed by atoms with Gasteiger partial charge in [0, 0.05) is 50.9 Å².